The van der Waals surface area contributed by atoms with E-state index in [9.17, 15) is 18.0 Å². The van der Waals surface area contributed by atoms with Crippen LogP contribution in [0.3, 0.4) is 0 Å². The Kier molecular flexibility index (Phi) is 5.03. The Morgan fingerprint density at radius 2 is 1.86 bits per heavy atom. The average Bonchev–Trinajstić information content (AvgIpc) is 3.00. The van der Waals surface area contributed by atoms with Crippen molar-refractivity contribution in [1.82, 2.24) is 19.4 Å². The third-order valence-electron chi connectivity index (χ3n) is 5.41. The molecule has 0 aromatic carbocycles. The summed E-state index contributed by atoms with van der Waals surface area (Å²) < 4.78 is 26.0. The first-order valence-corrected chi connectivity index (χ1v) is 11.0. The standard InChI is InChI=1S/C19H22N4O4S/c24-18-6-2-4-8-22(18)12-19(25)23-10-9-21(11-15-5-1-3-7-20-15)16-13-28(26,27)14-17(16)23/h1-8,16-17H,9-14H2/t16-,17+/m1/s1. The number of nitrogens with zero attached hydrogens (tertiary/aromatic N) is 4. The number of amides is 1. The minimum absolute atomic E-state index is 0.0359. The molecule has 8 nitrogen and oxygen atoms in total. The molecular weight excluding hydrogens is 380 g/mol. The predicted molar refractivity (Wildman–Crippen MR) is 103 cm³/mol. The van der Waals surface area contributed by atoms with Gasteiger partial charge in [-0.1, -0.05) is 12.1 Å². The van der Waals surface area contributed by atoms with E-state index in [1.165, 1.54) is 10.6 Å². The second-order valence-corrected chi connectivity index (χ2v) is 9.41. The molecule has 0 aliphatic carbocycles. The minimum atomic E-state index is -3.23. The molecule has 0 bridgehead atoms. The quantitative estimate of drug-likeness (QED) is 0.701. The molecule has 0 spiro atoms. The molecule has 0 saturated carbocycles. The molecule has 9 heteroatoms. The van der Waals surface area contributed by atoms with Gasteiger partial charge in [-0.3, -0.25) is 19.5 Å². The molecule has 2 aromatic heterocycles. The summed E-state index contributed by atoms with van der Waals surface area (Å²) in [5.74, 6) is -0.219. The molecule has 28 heavy (non-hydrogen) atoms. The van der Waals surface area contributed by atoms with E-state index in [0.29, 0.717) is 19.6 Å². The van der Waals surface area contributed by atoms with Crippen molar-refractivity contribution >= 4 is 15.7 Å². The maximum absolute atomic E-state index is 12.9. The number of hydrogen-bond acceptors (Lipinski definition) is 6. The monoisotopic (exact) mass is 402 g/mol. The number of carbonyl (C=O) groups is 1. The number of sulfone groups is 1. The second-order valence-electron chi connectivity index (χ2n) is 7.26. The minimum Gasteiger partial charge on any atom is -0.334 e. The first kappa shape index (κ1) is 18.8. The van der Waals surface area contributed by atoms with Crippen LogP contribution in [0.15, 0.2) is 53.6 Å². The number of carbonyl (C=O) groups excluding carboxylic acids is 1. The maximum atomic E-state index is 12.9. The molecular formula is C19H22N4O4S. The largest absolute Gasteiger partial charge is 0.334 e. The second kappa shape index (κ2) is 7.48. The van der Waals surface area contributed by atoms with Crippen LogP contribution >= 0.6 is 0 Å². The van der Waals surface area contributed by atoms with Crippen LogP contribution in [-0.2, 0) is 27.7 Å². The molecule has 2 atom stereocenters. The number of rotatable bonds is 4. The van der Waals surface area contributed by atoms with Crippen LogP contribution in [0.4, 0.5) is 0 Å². The van der Waals surface area contributed by atoms with Crippen LogP contribution in [0.1, 0.15) is 5.69 Å². The van der Waals surface area contributed by atoms with E-state index in [1.54, 1.807) is 29.4 Å². The van der Waals surface area contributed by atoms with E-state index >= 15 is 0 Å². The molecule has 1 amide bonds. The zero-order chi connectivity index (χ0) is 19.7. The molecule has 2 aromatic rings. The highest BCUT2D eigenvalue weighted by molar-refractivity contribution is 7.91. The molecule has 4 heterocycles. The van der Waals surface area contributed by atoms with E-state index in [4.69, 9.17) is 0 Å². The normalized spacial score (nSPS) is 24.1. The van der Waals surface area contributed by atoms with Gasteiger partial charge in [0.1, 0.15) is 6.54 Å². The van der Waals surface area contributed by atoms with Gasteiger partial charge in [0.25, 0.3) is 5.56 Å². The molecule has 2 fully saturated rings. The number of fused-ring (bicyclic) bond motifs is 1. The third-order valence-corrected chi connectivity index (χ3v) is 7.11. The fourth-order valence-corrected chi connectivity index (χ4v) is 6.07. The van der Waals surface area contributed by atoms with Crippen molar-refractivity contribution in [2.45, 2.75) is 25.2 Å². The number of aromatic nitrogens is 2. The lowest BCUT2D eigenvalue weighted by atomic mass is 10.0. The lowest BCUT2D eigenvalue weighted by Crippen LogP contribution is -2.60. The highest BCUT2D eigenvalue weighted by Gasteiger charge is 2.47. The van der Waals surface area contributed by atoms with Gasteiger partial charge in [0, 0.05) is 44.1 Å². The van der Waals surface area contributed by atoms with Gasteiger partial charge in [0.2, 0.25) is 5.91 Å². The first-order chi connectivity index (χ1) is 13.4. The summed E-state index contributed by atoms with van der Waals surface area (Å²) in [4.78, 5) is 32.9. The average molecular weight is 402 g/mol. The zero-order valence-corrected chi connectivity index (χ0v) is 16.2. The van der Waals surface area contributed by atoms with E-state index in [2.05, 4.69) is 9.88 Å². The lowest BCUT2D eigenvalue weighted by Gasteiger charge is -2.43. The Morgan fingerprint density at radius 1 is 1.07 bits per heavy atom. The van der Waals surface area contributed by atoms with Crippen molar-refractivity contribution in [3.8, 4) is 0 Å². The Balaban J connectivity index is 1.54. The van der Waals surface area contributed by atoms with E-state index < -0.39 is 15.9 Å². The number of pyridine rings is 2. The van der Waals surface area contributed by atoms with Crippen molar-refractivity contribution in [2.75, 3.05) is 24.6 Å². The van der Waals surface area contributed by atoms with Gasteiger partial charge in [-0.25, -0.2) is 8.42 Å². The fraction of sp³-hybridized carbons (Fsp3) is 0.421. The molecule has 148 valence electrons. The Bertz CT molecular complexity index is 1020. The summed E-state index contributed by atoms with van der Waals surface area (Å²) in [7, 11) is -3.23. The fourth-order valence-electron chi connectivity index (χ4n) is 4.06. The Morgan fingerprint density at radius 3 is 2.61 bits per heavy atom. The van der Waals surface area contributed by atoms with Crippen LogP contribution < -0.4 is 5.56 Å². The van der Waals surface area contributed by atoms with Crippen molar-refractivity contribution in [1.29, 1.82) is 0 Å². The van der Waals surface area contributed by atoms with Gasteiger partial charge >= 0.3 is 0 Å². The number of piperazine rings is 1. The van der Waals surface area contributed by atoms with Crippen molar-refractivity contribution in [3.63, 3.8) is 0 Å². The van der Waals surface area contributed by atoms with Gasteiger partial charge in [-0.2, -0.15) is 0 Å². The summed E-state index contributed by atoms with van der Waals surface area (Å²) >= 11 is 0. The third kappa shape index (κ3) is 3.85. The molecule has 0 unspecified atom stereocenters. The van der Waals surface area contributed by atoms with Crippen LogP contribution in [0.2, 0.25) is 0 Å². The Labute approximate surface area is 163 Å². The highest BCUT2D eigenvalue weighted by atomic mass is 32.2. The molecule has 0 radical (unpaired) electrons. The Hall–Kier alpha value is -2.52. The van der Waals surface area contributed by atoms with Crippen molar-refractivity contribution in [3.05, 3.63) is 64.8 Å². The summed E-state index contributed by atoms with van der Waals surface area (Å²) in [5, 5.41) is 0. The van der Waals surface area contributed by atoms with Gasteiger partial charge in [-0.15, -0.1) is 0 Å². The van der Waals surface area contributed by atoms with Crippen molar-refractivity contribution < 1.29 is 13.2 Å². The smallest absolute Gasteiger partial charge is 0.250 e. The summed E-state index contributed by atoms with van der Waals surface area (Å²) in [6, 6.07) is 9.74. The first-order valence-electron chi connectivity index (χ1n) is 9.22. The van der Waals surface area contributed by atoms with Crippen LogP contribution in [0.25, 0.3) is 0 Å². The van der Waals surface area contributed by atoms with Crippen LogP contribution in [0, 0.1) is 0 Å². The molecule has 4 rings (SSSR count). The number of hydrogen-bond donors (Lipinski definition) is 0. The maximum Gasteiger partial charge on any atom is 0.250 e. The molecule has 2 aliphatic rings. The van der Waals surface area contributed by atoms with Gasteiger partial charge < -0.3 is 9.47 Å². The SMILES string of the molecule is O=C(Cn1ccccc1=O)N1CCN(Cc2ccccn2)[C@@H]2CS(=O)(=O)C[C@@H]21. The topological polar surface area (TPSA) is 92.6 Å². The van der Waals surface area contributed by atoms with E-state index in [0.717, 1.165) is 5.69 Å². The van der Waals surface area contributed by atoms with Gasteiger partial charge in [0.05, 0.1) is 23.2 Å². The van der Waals surface area contributed by atoms with Crippen LogP contribution in [-0.4, -0.2) is 70.4 Å². The van der Waals surface area contributed by atoms with Crippen LogP contribution in [0.5, 0.6) is 0 Å². The summed E-state index contributed by atoms with van der Waals surface area (Å²) in [6.07, 6.45) is 3.29. The van der Waals surface area contributed by atoms with E-state index in [1.807, 2.05) is 18.2 Å². The summed E-state index contributed by atoms with van der Waals surface area (Å²) in [6.45, 7) is 1.48. The zero-order valence-electron chi connectivity index (χ0n) is 15.3. The van der Waals surface area contributed by atoms with Gasteiger partial charge in [0.15, 0.2) is 9.84 Å². The van der Waals surface area contributed by atoms with Gasteiger partial charge in [-0.05, 0) is 18.2 Å². The molecule has 2 aliphatic heterocycles. The van der Waals surface area contributed by atoms with Crippen molar-refractivity contribution in [2.24, 2.45) is 0 Å². The summed E-state index contributed by atoms with van der Waals surface area (Å²) in [5.41, 5.74) is 0.626. The predicted octanol–water partition coefficient (Wildman–Crippen LogP) is -0.247. The van der Waals surface area contributed by atoms with E-state index in [-0.39, 0.29) is 35.6 Å². The highest BCUT2D eigenvalue weighted by Crippen LogP contribution is 2.28. The molecule has 0 N–H and O–H groups in total. The lowest BCUT2D eigenvalue weighted by molar-refractivity contribution is -0.137. The molecule has 2 saturated heterocycles.